The first-order chi connectivity index (χ1) is 10.1. The third-order valence-corrected chi connectivity index (χ3v) is 5.57. The van der Waals surface area contributed by atoms with Gasteiger partial charge < -0.3 is 10.2 Å². The third-order valence-electron chi connectivity index (χ3n) is 2.81. The lowest BCUT2D eigenvalue weighted by Crippen LogP contribution is -1.88. The molecule has 0 saturated heterocycles. The molecule has 0 fully saturated rings. The van der Waals surface area contributed by atoms with E-state index < -0.39 is 0 Å². The summed E-state index contributed by atoms with van der Waals surface area (Å²) in [6.45, 7) is 2.06. The molecule has 3 rings (SSSR count). The van der Waals surface area contributed by atoms with Crippen LogP contribution in [0.3, 0.4) is 0 Å². The van der Waals surface area contributed by atoms with Crippen LogP contribution in [-0.2, 0) is 5.75 Å². The van der Waals surface area contributed by atoms with Crippen LogP contribution in [0.2, 0.25) is 0 Å². The highest BCUT2D eigenvalue weighted by Crippen LogP contribution is 2.32. The van der Waals surface area contributed by atoms with Crippen molar-refractivity contribution in [1.82, 2.24) is 10.2 Å². The molecule has 2 aromatic heterocycles. The number of nitrogens with two attached hydrogens (primary N) is 1. The van der Waals surface area contributed by atoms with Gasteiger partial charge in [-0.1, -0.05) is 6.07 Å². The molecule has 0 saturated carbocycles. The van der Waals surface area contributed by atoms with Crippen LogP contribution in [-0.4, -0.2) is 10.2 Å². The summed E-state index contributed by atoms with van der Waals surface area (Å²) < 4.78 is 6.73. The van der Waals surface area contributed by atoms with Gasteiger partial charge in [0.25, 0.3) is 5.89 Å². The SMILES string of the molecule is Cc1ccc(N)cc1SCc1nnc(-c2ccc(Br)s2)o1. The Balaban J connectivity index is 1.71. The van der Waals surface area contributed by atoms with Gasteiger partial charge in [-0.05, 0) is 52.7 Å². The Bertz CT molecular complexity index is 769. The number of nitrogen functional groups attached to an aromatic ring is 1. The molecule has 0 amide bonds. The van der Waals surface area contributed by atoms with E-state index in [9.17, 15) is 0 Å². The van der Waals surface area contributed by atoms with Gasteiger partial charge in [-0.25, -0.2) is 0 Å². The van der Waals surface area contributed by atoms with E-state index in [1.54, 1.807) is 23.1 Å². The van der Waals surface area contributed by atoms with Crippen molar-refractivity contribution in [2.75, 3.05) is 5.73 Å². The maximum atomic E-state index is 5.81. The molecular weight excluding hydrogens is 370 g/mol. The van der Waals surface area contributed by atoms with Crippen molar-refractivity contribution in [2.24, 2.45) is 0 Å². The average molecular weight is 382 g/mol. The van der Waals surface area contributed by atoms with Crippen molar-refractivity contribution in [1.29, 1.82) is 0 Å². The first-order valence-electron chi connectivity index (χ1n) is 6.19. The number of rotatable bonds is 4. The highest BCUT2D eigenvalue weighted by molar-refractivity contribution is 9.11. The number of thiophene rings is 1. The van der Waals surface area contributed by atoms with Gasteiger partial charge in [-0.3, -0.25) is 0 Å². The molecule has 1 aromatic carbocycles. The first-order valence-corrected chi connectivity index (χ1v) is 8.78. The smallest absolute Gasteiger partial charge is 0.257 e. The molecule has 0 unspecified atom stereocenters. The number of halogens is 1. The average Bonchev–Trinajstić information content (AvgIpc) is 3.08. The first kappa shape index (κ1) is 14.6. The monoisotopic (exact) mass is 381 g/mol. The van der Waals surface area contributed by atoms with Crippen molar-refractivity contribution in [3.63, 3.8) is 0 Å². The van der Waals surface area contributed by atoms with Crippen LogP contribution in [0, 0.1) is 6.92 Å². The van der Waals surface area contributed by atoms with Crippen LogP contribution in [0.15, 0.2) is 43.4 Å². The Hall–Kier alpha value is -1.31. The third kappa shape index (κ3) is 3.48. The zero-order chi connectivity index (χ0) is 14.8. The fourth-order valence-corrected chi connectivity index (χ4v) is 3.97. The van der Waals surface area contributed by atoms with E-state index in [0.29, 0.717) is 17.5 Å². The second-order valence-electron chi connectivity index (χ2n) is 4.42. The maximum absolute atomic E-state index is 5.81. The minimum atomic E-state index is 0.561. The van der Waals surface area contributed by atoms with Gasteiger partial charge >= 0.3 is 0 Å². The lowest BCUT2D eigenvalue weighted by molar-refractivity contribution is 0.529. The summed E-state index contributed by atoms with van der Waals surface area (Å²) in [5, 5.41) is 8.18. The minimum absolute atomic E-state index is 0.561. The van der Waals surface area contributed by atoms with E-state index in [0.717, 1.165) is 19.2 Å². The number of aryl methyl sites for hydroxylation is 1. The molecule has 4 nitrogen and oxygen atoms in total. The summed E-state index contributed by atoms with van der Waals surface area (Å²) >= 11 is 6.64. The second-order valence-corrected chi connectivity index (χ2v) is 7.90. The number of benzene rings is 1. The Morgan fingerprint density at radius 1 is 1.29 bits per heavy atom. The molecule has 0 bridgehead atoms. The van der Waals surface area contributed by atoms with Crippen molar-refractivity contribution < 1.29 is 4.42 Å². The number of hydrogen-bond acceptors (Lipinski definition) is 6. The van der Waals surface area contributed by atoms with Crippen LogP contribution < -0.4 is 5.73 Å². The molecule has 3 aromatic rings. The van der Waals surface area contributed by atoms with E-state index >= 15 is 0 Å². The normalized spacial score (nSPS) is 11.0. The zero-order valence-corrected chi connectivity index (χ0v) is 14.4. The van der Waals surface area contributed by atoms with E-state index in [4.69, 9.17) is 10.2 Å². The highest BCUT2D eigenvalue weighted by atomic mass is 79.9. The largest absolute Gasteiger partial charge is 0.419 e. The van der Waals surface area contributed by atoms with Crippen molar-refractivity contribution in [3.05, 3.63) is 45.6 Å². The van der Waals surface area contributed by atoms with Crippen LogP contribution >= 0.6 is 39.0 Å². The minimum Gasteiger partial charge on any atom is -0.419 e. The number of nitrogens with zero attached hydrogens (tertiary/aromatic N) is 2. The molecule has 0 spiro atoms. The summed E-state index contributed by atoms with van der Waals surface area (Å²) in [6, 6.07) is 9.81. The van der Waals surface area contributed by atoms with E-state index in [-0.39, 0.29) is 0 Å². The van der Waals surface area contributed by atoms with E-state index in [1.165, 1.54) is 5.56 Å². The Morgan fingerprint density at radius 2 is 2.14 bits per heavy atom. The van der Waals surface area contributed by atoms with Gasteiger partial charge in [0.2, 0.25) is 5.89 Å². The fraction of sp³-hybridized carbons (Fsp3) is 0.143. The molecule has 0 atom stereocenters. The summed E-state index contributed by atoms with van der Waals surface area (Å²) in [5.74, 6) is 1.80. The van der Waals surface area contributed by atoms with Crippen LogP contribution in [0.1, 0.15) is 11.5 Å². The summed E-state index contributed by atoms with van der Waals surface area (Å²) in [4.78, 5) is 2.10. The lowest BCUT2D eigenvalue weighted by atomic mass is 10.2. The molecule has 0 aliphatic heterocycles. The summed E-state index contributed by atoms with van der Waals surface area (Å²) in [5.41, 5.74) is 7.76. The number of anilines is 1. The Kier molecular flexibility index (Phi) is 4.32. The number of thioether (sulfide) groups is 1. The Morgan fingerprint density at radius 3 is 2.90 bits per heavy atom. The molecule has 7 heteroatoms. The predicted molar refractivity (Wildman–Crippen MR) is 90.5 cm³/mol. The topological polar surface area (TPSA) is 64.9 Å². The number of aromatic nitrogens is 2. The van der Waals surface area contributed by atoms with E-state index in [2.05, 4.69) is 33.1 Å². The Labute approximate surface area is 138 Å². The van der Waals surface area contributed by atoms with Crippen molar-refractivity contribution in [3.8, 4) is 10.8 Å². The summed E-state index contributed by atoms with van der Waals surface area (Å²) in [6.07, 6.45) is 0. The van der Waals surface area contributed by atoms with Crippen molar-refractivity contribution >= 4 is 44.7 Å². The molecule has 0 radical (unpaired) electrons. The maximum Gasteiger partial charge on any atom is 0.257 e. The predicted octanol–water partition coefficient (Wildman–Crippen LogP) is 4.74. The van der Waals surface area contributed by atoms with Crippen LogP contribution in [0.4, 0.5) is 5.69 Å². The molecule has 2 N–H and O–H groups in total. The molecule has 0 aliphatic rings. The lowest BCUT2D eigenvalue weighted by Gasteiger charge is -2.04. The van der Waals surface area contributed by atoms with Crippen LogP contribution in [0.5, 0.6) is 0 Å². The van der Waals surface area contributed by atoms with Gasteiger partial charge in [-0.2, -0.15) is 0 Å². The van der Waals surface area contributed by atoms with Gasteiger partial charge in [0.05, 0.1) is 14.4 Å². The highest BCUT2D eigenvalue weighted by Gasteiger charge is 2.11. The summed E-state index contributed by atoms with van der Waals surface area (Å²) in [7, 11) is 0. The van der Waals surface area contributed by atoms with Gasteiger partial charge in [0.1, 0.15) is 0 Å². The van der Waals surface area contributed by atoms with E-state index in [1.807, 2.05) is 30.3 Å². The van der Waals surface area contributed by atoms with Gasteiger partial charge in [-0.15, -0.1) is 33.3 Å². The standard InChI is InChI=1S/C14H12BrN3OS2/c1-8-2-3-9(16)6-11(8)20-7-13-17-18-14(19-13)10-4-5-12(15)21-10/h2-6H,7,16H2,1H3. The molecule has 21 heavy (non-hydrogen) atoms. The molecule has 108 valence electrons. The molecule has 2 heterocycles. The zero-order valence-electron chi connectivity index (χ0n) is 11.2. The second kappa shape index (κ2) is 6.21. The number of hydrogen-bond donors (Lipinski definition) is 1. The van der Waals surface area contributed by atoms with Crippen LogP contribution in [0.25, 0.3) is 10.8 Å². The quantitative estimate of drug-likeness (QED) is 0.521. The fourth-order valence-electron chi connectivity index (χ4n) is 1.75. The van der Waals surface area contributed by atoms with Gasteiger partial charge in [0.15, 0.2) is 0 Å². The molecule has 0 aliphatic carbocycles. The van der Waals surface area contributed by atoms with Gasteiger partial charge in [0, 0.05) is 10.6 Å². The van der Waals surface area contributed by atoms with Crippen molar-refractivity contribution in [2.45, 2.75) is 17.6 Å². The molecular formula is C14H12BrN3OS2.